The summed E-state index contributed by atoms with van der Waals surface area (Å²) in [5, 5.41) is 0. The van der Waals surface area contributed by atoms with Gasteiger partial charge in [0.2, 0.25) is 5.91 Å². The maximum Gasteiger partial charge on any atom is 0.221 e. The number of carbonyl (C=O) groups is 1. The van der Waals surface area contributed by atoms with Crippen LogP contribution in [0, 0.1) is 0 Å². The highest BCUT2D eigenvalue weighted by molar-refractivity contribution is 5.75. The average Bonchev–Trinajstić information content (AvgIpc) is 1.66. The second-order valence-electron chi connectivity index (χ2n) is 1.55. The highest BCUT2D eigenvalue weighted by Crippen LogP contribution is 1.83. The van der Waals surface area contributed by atoms with Crippen LogP contribution in [0.15, 0.2) is 12.2 Å². The highest BCUT2D eigenvalue weighted by Gasteiger charge is 1.83. The van der Waals surface area contributed by atoms with Crippen molar-refractivity contribution in [1.82, 2.24) is 0 Å². The Morgan fingerprint density at radius 2 is 2.25 bits per heavy atom. The van der Waals surface area contributed by atoms with Crippen LogP contribution in [0.4, 0.5) is 0 Å². The maximum atomic E-state index is 10.0. The first-order valence-electron chi connectivity index (χ1n) is 2.70. The second kappa shape index (κ2) is 4.37. The van der Waals surface area contributed by atoms with E-state index in [4.69, 9.17) is 5.73 Å². The van der Waals surface area contributed by atoms with Gasteiger partial charge in [-0.2, -0.15) is 0 Å². The Labute approximate surface area is 49.4 Å². The first kappa shape index (κ1) is 7.21. The lowest BCUT2D eigenvalue weighted by Gasteiger charge is -1.81. The number of rotatable bonds is 3. The number of nitrogens with two attached hydrogens (primary N) is 1. The van der Waals surface area contributed by atoms with Gasteiger partial charge in [-0.15, -0.1) is 0 Å². The van der Waals surface area contributed by atoms with Gasteiger partial charge in [0.1, 0.15) is 0 Å². The van der Waals surface area contributed by atoms with E-state index in [0.717, 1.165) is 6.42 Å². The van der Waals surface area contributed by atoms with Crippen molar-refractivity contribution >= 4 is 5.91 Å². The van der Waals surface area contributed by atoms with Crippen molar-refractivity contribution in [2.75, 3.05) is 0 Å². The normalized spacial score (nSPS) is 10.1. The third-order valence-electron chi connectivity index (χ3n) is 0.721. The second-order valence-corrected chi connectivity index (χ2v) is 1.55. The Kier molecular flexibility index (Phi) is 3.94. The van der Waals surface area contributed by atoms with Crippen LogP contribution in [0.1, 0.15) is 19.8 Å². The molecule has 0 fully saturated rings. The summed E-state index contributed by atoms with van der Waals surface area (Å²) in [6.07, 6.45) is 5.04. The zero-order chi connectivity index (χ0) is 6.41. The fraction of sp³-hybridized carbons (Fsp3) is 0.500. The lowest BCUT2D eigenvalue weighted by Crippen LogP contribution is -2.07. The maximum absolute atomic E-state index is 10.0. The molecule has 0 spiro atoms. The summed E-state index contributed by atoms with van der Waals surface area (Å²) >= 11 is 0. The Bertz CT molecular complexity index is 96.7. The number of primary amides is 1. The molecule has 0 aromatic rings. The summed E-state index contributed by atoms with van der Waals surface area (Å²) in [7, 11) is 0. The Balaban J connectivity index is 3.16. The van der Waals surface area contributed by atoms with E-state index in [9.17, 15) is 4.79 Å². The van der Waals surface area contributed by atoms with E-state index in [1.54, 1.807) is 6.08 Å². The van der Waals surface area contributed by atoms with Gasteiger partial charge in [0.15, 0.2) is 0 Å². The van der Waals surface area contributed by atoms with Crippen LogP contribution < -0.4 is 5.73 Å². The van der Waals surface area contributed by atoms with Crippen molar-refractivity contribution in [1.29, 1.82) is 0 Å². The summed E-state index contributed by atoms with van der Waals surface area (Å²) < 4.78 is 0. The molecule has 2 heteroatoms. The van der Waals surface area contributed by atoms with E-state index >= 15 is 0 Å². The topological polar surface area (TPSA) is 43.1 Å². The van der Waals surface area contributed by atoms with Crippen LogP contribution in [0.2, 0.25) is 0 Å². The molecule has 0 heterocycles. The molecule has 0 aliphatic heterocycles. The third-order valence-corrected chi connectivity index (χ3v) is 0.721. The van der Waals surface area contributed by atoms with Gasteiger partial charge < -0.3 is 5.73 Å². The monoisotopic (exact) mass is 113 g/mol. The molecule has 0 aromatic carbocycles. The van der Waals surface area contributed by atoms with Crippen molar-refractivity contribution in [3.8, 4) is 0 Å². The molecular formula is C6H11NO. The van der Waals surface area contributed by atoms with Crippen LogP contribution in [0.25, 0.3) is 0 Å². The van der Waals surface area contributed by atoms with E-state index in [-0.39, 0.29) is 5.91 Å². The molecule has 0 bridgehead atoms. The smallest absolute Gasteiger partial charge is 0.221 e. The fourth-order valence-electron chi connectivity index (χ4n) is 0.366. The lowest BCUT2D eigenvalue weighted by atomic mass is 10.3. The van der Waals surface area contributed by atoms with E-state index in [0.29, 0.717) is 6.42 Å². The molecular weight excluding hydrogens is 102 g/mol. The number of hydrogen-bond donors (Lipinski definition) is 1. The minimum absolute atomic E-state index is 0.269. The molecule has 1 amide bonds. The standard InChI is InChI=1S/C6H11NO/c1-2-3-4-5-6(7)8/h3-4H,2,5H2,1H3,(H2,7,8). The van der Waals surface area contributed by atoms with E-state index in [2.05, 4.69) is 0 Å². The van der Waals surface area contributed by atoms with Crippen LogP contribution >= 0.6 is 0 Å². The summed E-state index contributed by atoms with van der Waals surface area (Å²) in [5.41, 5.74) is 4.84. The van der Waals surface area contributed by atoms with Gasteiger partial charge in [-0.25, -0.2) is 0 Å². The molecule has 2 N–H and O–H groups in total. The summed E-state index contributed by atoms with van der Waals surface area (Å²) in [6, 6.07) is 0. The van der Waals surface area contributed by atoms with E-state index < -0.39 is 0 Å². The van der Waals surface area contributed by atoms with Gasteiger partial charge >= 0.3 is 0 Å². The number of hydrogen-bond acceptors (Lipinski definition) is 1. The molecule has 0 aliphatic carbocycles. The average molecular weight is 113 g/mol. The number of allylic oxidation sites excluding steroid dienone is 1. The largest absolute Gasteiger partial charge is 0.369 e. The summed E-state index contributed by atoms with van der Waals surface area (Å²) in [6.45, 7) is 2.01. The Hall–Kier alpha value is -0.790. The van der Waals surface area contributed by atoms with E-state index in [1.165, 1.54) is 0 Å². The molecule has 46 valence electrons. The van der Waals surface area contributed by atoms with Gasteiger partial charge in [0.25, 0.3) is 0 Å². The lowest BCUT2D eigenvalue weighted by molar-refractivity contribution is -0.117. The Morgan fingerprint density at radius 1 is 1.62 bits per heavy atom. The molecule has 0 aromatic heterocycles. The molecule has 0 atom stereocenters. The van der Waals surface area contributed by atoms with Gasteiger partial charge in [0.05, 0.1) is 0 Å². The molecule has 0 saturated carbocycles. The molecule has 0 unspecified atom stereocenters. The molecule has 0 aliphatic rings. The first-order chi connectivity index (χ1) is 3.77. The predicted molar refractivity (Wildman–Crippen MR) is 33.2 cm³/mol. The zero-order valence-electron chi connectivity index (χ0n) is 5.05. The van der Waals surface area contributed by atoms with Crippen molar-refractivity contribution in [3.63, 3.8) is 0 Å². The summed E-state index contributed by atoms with van der Waals surface area (Å²) in [4.78, 5) is 10.0. The van der Waals surface area contributed by atoms with Crippen molar-refractivity contribution in [3.05, 3.63) is 12.2 Å². The van der Waals surface area contributed by atoms with Gasteiger partial charge in [-0.05, 0) is 6.42 Å². The van der Waals surface area contributed by atoms with Gasteiger partial charge in [0, 0.05) is 6.42 Å². The molecule has 2 nitrogen and oxygen atoms in total. The predicted octanol–water partition coefficient (Wildman–Crippen LogP) is 0.828. The molecule has 8 heavy (non-hydrogen) atoms. The molecule has 0 saturated heterocycles. The number of amides is 1. The quantitative estimate of drug-likeness (QED) is 0.541. The molecule has 0 rings (SSSR count). The highest BCUT2D eigenvalue weighted by atomic mass is 16.1. The Morgan fingerprint density at radius 3 is 2.62 bits per heavy atom. The van der Waals surface area contributed by atoms with Crippen LogP contribution in [0.5, 0.6) is 0 Å². The minimum Gasteiger partial charge on any atom is -0.369 e. The fourth-order valence-corrected chi connectivity index (χ4v) is 0.366. The first-order valence-corrected chi connectivity index (χ1v) is 2.70. The van der Waals surface area contributed by atoms with Crippen LogP contribution in [-0.4, -0.2) is 5.91 Å². The van der Waals surface area contributed by atoms with Gasteiger partial charge in [-0.3, -0.25) is 4.79 Å². The van der Waals surface area contributed by atoms with Crippen molar-refractivity contribution in [2.24, 2.45) is 5.73 Å². The van der Waals surface area contributed by atoms with E-state index in [1.807, 2.05) is 13.0 Å². The zero-order valence-corrected chi connectivity index (χ0v) is 5.05. The van der Waals surface area contributed by atoms with Gasteiger partial charge in [-0.1, -0.05) is 19.1 Å². The van der Waals surface area contributed by atoms with Crippen molar-refractivity contribution < 1.29 is 4.79 Å². The SMILES string of the molecule is CCC=CCC(N)=O. The van der Waals surface area contributed by atoms with Crippen LogP contribution in [0.3, 0.4) is 0 Å². The third kappa shape index (κ3) is 5.21. The van der Waals surface area contributed by atoms with Crippen molar-refractivity contribution in [2.45, 2.75) is 19.8 Å². The van der Waals surface area contributed by atoms with Crippen LogP contribution in [-0.2, 0) is 4.79 Å². The minimum atomic E-state index is -0.269. The number of carbonyl (C=O) groups excluding carboxylic acids is 1. The summed E-state index contributed by atoms with van der Waals surface area (Å²) in [5.74, 6) is -0.269. The molecule has 0 radical (unpaired) electrons.